The summed E-state index contributed by atoms with van der Waals surface area (Å²) < 4.78 is 0. The molecule has 5 N–H and O–H groups in total. The van der Waals surface area contributed by atoms with Crippen molar-refractivity contribution in [3.63, 3.8) is 0 Å². The lowest BCUT2D eigenvalue weighted by Gasteiger charge is -2.09. The average Bonchev–Trinajstić information content (AvgIpc) is 2.98. The van der Waals surface area contributed by atoms with Gasteiger partial charge in [0.05, 0.1) is 10.9 Å². The van der Waals surface area contributed by atoms with Crippen molar-refractivity contribution in [2.75, 3.05) is 11.5 Å². The van der Waals surface area contributed by atoms with Crippen LogP contribution in [0.4, 0.5) is 11.5 Å². The normalized spacial score (nSPS) is 11.0. The topological polar surface area (TPSA) is 93.6 Å². The molecule has 4 rings (SSSR count). The van der Waals surface area contributed by atoms with Crippen molar-refractivity contribution in [3.8, 4) is 22.3 Å². The van der Waals surface area contributed by atoms with Gasteiger partial charge in [-0.3, -0.25) is 10.1 Å². The van der Waals surface area contributed by atoms with Gasteiger partial charge in [0.2, 0.25) is 0 Å². The molecular weight excluding hydrogens is 286 g/mol. The number of H-pyrrole nitrogens is 1. The van der Waals surface area contributed by atoms with Crippen molar-refractivity contribution in [1.82, 2.24) is 15.2 Å². The van der Waals surface area contributed by atoms with E-state index in [4.69, 9.17) is 11.5 Å². The predicted molar refractivity (Wildman–Crippen MR) is 93.6 cm³/mol. The van der Waals surface area contributed by atoms with E-state index in [0.29, 0.717) is 5.82 Å². The molecule has 0 atom stereocenters. The molecule has 5 nitrogen and oxygen atoms in total. The number of nitrogens with zero attached hydrogens (tertiary/aromatic N) is 2. The number of nitrogens with two attached hydrogens (primary N) is 2. The van der Waals surface area contributed by atoms with E-state index in [9.17, 15) is 0 Å². The van der Waals surface area contributed by atoms with Crippen LogP contribution in [-0.2, 0) is 0 Å². The van der Waals surface area contributed by atoms with Gasteiger partial charge in [-0.25, -0.2) is 0 Å². The highest BCUT2D eigenvalue weighted by atomic mass is 15.2. The lowest BCUT2D eigenvalue weighted by Crippen LogP contribution is -1.89. The fourth-order valence-electron chi connectivity index (χ4n) is 2.82. The number of pyridine rings is 1. The van der Waals surface area contributed by atoms with Crippen LogP contribution in [0.1, 0.15) is 0 Å². The third kappa shape index (κ3) is 2.19. The zero-order chi connectivity index (χ0) is 15.8. The zero-order valence-electron chi connectivity index (χ0n) is 12.3. The smallest absolute Gasteiger partial charge is 0.153 e. The van der Waals surface area contributed by atoms with Gasteiger partial charge in [0.15, 0.2) is 5.82 Å². The van der Waals surface area contributed by atoms with Crippen molar-refractivity contribution in [2.24, 2.45) is 0 Å². The molecule has 0 aliphatic rings. The molecule has 23 heavy (non-hydrogen) atoms. The molecule has 2 aromatic heterocycles. The fraction of sp³-hybridized carbons (Fsp3) is 0. The number of anilines is 2. The molecule has 0 spiro atoms. The van der Waals surface area contributed by atoms with Gasteiger partial charge in [-0.2, -0.15) is 5.10 Å². The third-order valence-electron chi connectivity index (χ3n) is 3.94. The number of aromatic nitrogens is 3. The molecule has 0 amide bonds. The molecule has 0 aliphatic heterocycles. The van der Waals surface area contributed by atoms with Gasteiger partial charge in [-0.05, 0) is 29.3 Å². The van der Waals surface area contributed by atoms with Crippen LogP contribution >= 0.6 is 0 Å². The van der Waals surface area contributed by atoms with Crippen LogP contribution in [-0.4, -0.2) is 15.2 Å². The van der Waals surface area contributed by atoms with Gasteiger partial charge in [0.1, 0.15) is 0 Å². The summed E-state index contributed by atoms with van der Waals surface area (Å²) >= 11 is 0. The Balaban J connectivity index is 1.99. The monoisotopic (exact) mass is 301 g/mol. The number of nitrogen functional groups attached to an aromatic ring is 2. The Morgan fingerprint density at radius 1 is 0.826 bits per heavy atom. The minimum absolute atomic E-state index is 0.484. The van der Waals surface area contributed by atoms with Crippen molar-refractivity contribution >= 4 is 22.4 Å². The minimum Gasteiger partial charge on any atom is -0.399 e. The summed E-state index contributed by atoms with van der Waals surface area (Å²) in [7, 11) is 0. The fourth-order valence-corrected chi connectivity index (χ4v) is 2.82. The largest absolute Gasteiger partial charge is 0.399 e. The molecular formula is C18H15N5. The standard InChI is InChI=1S/C18H15N5/c19-13-5-3-11(4-6-13)14-7-8-15(12-2-1-9-21-10-12)17-16(14)18(20)23-22-17/h1-10H,19H2,(H3,20,22,23). The SMILES string of the molecule is Nc1ccc(-c2ccc(-c3cccnc3)c3[nH]nc(N)c23)cc1. The molecule has 0 unspecified atom stereocenters. The summed E-state index contributed by atoms with van der Waals surface area (Å²) in [5.41, 5.74) is 17.6. The highest BCUT2D eigenvalue weighted by molar-refractivity contribution is 6.07. The summed E-state index contributed by atoms with van der Waals surface area (Å²) in [6, 6.07) is 15.8. The van der Waals surface area contributed by atoms with Gasteiger partial charge >= 0.3 is 0 Å². The van der Waals surface area contributed by atoms with E-state index < -0.39 is 0 Å². The first kappa shape index (κ1) is 13.3. The van der Waals surface area contributed by atoms with Gasteiger partial charge in [-0.15, -0.1) is 0 Å². The first-order valence-electron chi connectivity index (χ1n) is 7.27. The van der Waals surface area contributed by atoms with Gasteiger partial charge in [0.25, 0.3) is 0 Å². The predicted octanol–water partition coefficient (Wildman–Crippen LogP) is 3.46. The number of hydrogen-bond acceptors (Lipinski definition) is 4. The number of nitrogens with one attached hydrogen (secondary N) is 1. The first-order valence-corrected chi connectivity index (χ1v) is 7.27. The van der Waals surface area contributed by atoms with Crippen molar-refractivity contribution in [3.05, 3.63) is 60.9 Å². The second-order valence-electron chi connectivity index (χ2n) is 5.38. The quantitative estimate of drug-likeness (QED) is 0.494. The minimum atomic E-state index is 0.484. The Hall–Kier alpha value is -3.34. The molecule has 0 saturated heterocycles. The molecule has 0 radical (unpaired) electrons. The Morgan fingerprint density at radius 3 is 2.35 bits per heavy atom. The van der Waals surface area contributed by atoms with Crippen molar-refractivity contribution < 1.29 is 0 Å². The zero-order valence-corrected chi connectivity index (χ0v) is 12.3. The Kier molecular flexibility index (Phi) is 2.98. The van der Waals surface area contributed by atoms with Crippen LogP contribution in [0.5, 0.6) is 0 Å². The molecule has 112 valence electrons. The Morgan fingerprint density at radius 2 is 1.61 bits per heavy atom. The maximum absolute atomic E-state index is 6.11. The van der Waals surface area contributed by atoms with E-state index in [1.165, 1.54) is 0 Å². The summed E-state index contributed by atoms with van der Waals surface area (Å²) in [5, 5.41) is 8.16. The van der Waals surface area contributed by atoms with Crippen LogP contribution in [0, 0.1) is 0 Å². The number of aromatic amines is 1. The average molecular weight is 301 g/mol. The molecule has 0 fully saturated rings. The number of benzene rings is 2. The molecule has 4 aromatic rings. The molecule has 2 aromatic carbocycles. The highest BCUT2D eigenvalue weighted by Crippen LogP contribution is 2.37. The maximum Gasteiger partial charge on any atom is 0.153 e. The molecule has 0 aliphatic carbocycles. The summed E-state index contributed by atoms with van der Waals surface area (Å²) in [5.74, 6) is 0.484. The lowest BCUT2D eigenvalue weighted by atomic mass is 9.96. The molecule has 5 heteroatoms. The first-order chi connectivity index (χ1) is 11.2. The van der Waals surface area contributed by atoms with E-state index in [-0.39, 0.29) is 0 Å². The Labute approximate surface area is 133 Å². The molecule has 0 bridgehead atoms. The second-order valence-corrected chi connectivity index (χ2v) is 5.38. The van der Waals surface area contributed by atoms with Crippen LogP contribution in [0.25, 0.3) is 33.2 Å². The van der Waals surface area contributed by atoms with E-state index >= 15 is 0 Å². The van der Waals surface area contributed by atoms with Crippen molar-refractivity contribution in [1.29, 1.82) is 0 Å². The number of rotatable bonds is 2. The number of fused-ring (bicyclic) bond motifs is 1. The third-order valence-corrected chi connectivity index (χ3v) is 3.94. The van der Waals surface area contributed by atoms with Crippen LogP contribution in [0.3, 0.4) is 0 Å². The van der Waals surface area contributed by atoms with E-state index in [0.717, 1.165) is 38.8 Å². The summed E-state index contributed by atoms with van der Waals surface area (Å²) in [6.45, 7) is 0. The maximum atomic E-state index is 6.11. The summed E-state index contributed by atoms with van der Waals surface area (Å²) in [4.78, 5) is 4.19. The summed E-state index contributed by atoms with van der Waals surface area (Å²) in [6.07, 6.45) is 3.58. The molecule has 2 heterocycles. The second kappa shape index (κ2) is 5.14. The molecule has 0 saturated carbocycles. The van der Waals surface area contributed by atoms with E-state index in [1.807, 2.05) is 42.6 Å². The van der Waals surface area contributed by atoms with E-state index in [1.54, 1.807) is 6.20 Å². The van der Waals surface area contributed by atoms with Crippen LogP contribution in [0.2, 0.25) is 0 Å². The van der Waals surface area contributed by atoms with Crippen molar-refractivity contribution in [2.45, 2.75) is 0 Å². The van der Waals surface area contributed by atoms with Gasteiger partial charge < -0.3 is 11.5 Å². The Bertz CT molecular complexity index is 972. The van der Waals surface area contributed by atoms with Gasteiger partial charge in [-0.1, -0.05) is 30.3 Å². The number of hydrogen-bond donors (Lipinski definition) is 3. The highest BCUT2D eigenvalue weighted by Gasteiger charge is 2.14. The van der Waals surface area contributed by atoms with Crippen LogP contribution < -0.4 is 11.5 Å². The van der Waals surface area contributed by atoms with Gasteiger partial charge in [0, 0.05) is 29.2 Å². The lowest BCUT2D eigenvalue weighted by molar-refractivity contribution is 1.13. The van der Waals surface area contributed by atoms with E-state index in [2.05, 4.69) is 27.3 Å². The van der Waals surface area contributed by atoms with Crippen LogP contribution in [0.15, 0.2) is 60.9 Å².